The second kappa shape index (κ2) is 11.4. The highest BCUT2D eigenvalue weighted by Gasteiger charge is 2.27. The van der Waals surface area contributed by atoms with Gasteiger partial charge in [-0.05, 0) is 50.2 Å². The Morgan fingerprint density at radius 1 is 1.09 bits per heavy atom. The number of anilines is 1. The van der Waals surface area contributed by atoms with Crippen LogP contribution in [0.25, 0.3) is 0 Å². The van der Waals surface area contributed by atoms with E-state index < -0.39 is 0 Å². The van der Waals surface area contributed by atoms with E-state index in [0.29, 0.717) is 41.5 Å². The Morgan fingerprint density at radius 2 is 1.85 bits per heavy atom. The van der Waals surface area contributed by atoms with Crippen LogP contribution in [0.2, 0.25) is 0 Å². The summed E-state index contributed by atoms with van der Waals surface area (Å²) in [6.45, 7) is 5.90. The van der Waals surface area contributed by atoms with E-state index in [1.54, 1.807) is 68.6 Å². The Kier molecular flexibility index (Phi) is 8.52. The quantitative estimate of drug-likeness (QED) is 0.740. The Bertz CT molecular complexity index is 1010. The maximum Gasteiger partial charge on any atom is 0.257 e. The molecule has 2 amide bonds. The molecule has 184 valence electrons. The first-order chi connectivity index (χ1) is 16.2. The van der Waals surface area contributed by atoms with Crippen LogP contribution in [-0.2, 0) is 4.74 Å². The molecule has 3 rings (SSSR count). The molecule has 8 nitrogen and oxygen atoms in total. The Hall–Kier alpha value is -3.10. The zero-order valence-corrected chi connectivity index (χ0v) is 20.8. The van der Waals surface area contributed by atoms with Gasteiger partial charge < -0.3 is 24.4 Å². The molecule has 0 bridgehead atoms. The first-order valence-corrected chi connectivity index (χ1v) is 11.4. The average Bonchev–Trinajstić information content (AvgIpc) is 2.84. The van der Waals surface area contributed by atoms with Gasteiger partial charge in [0.1, 0.15) is 18.1 Å². The number of hydrogen-bond donors (Lipinski definition) is 1. The summed E-state index contributed by atoms with van der Waals surface area (Å²) in [5, 5.41) is 2.88. The molecule has 8 heteroatoms. The standard InChI is InChI=1S/C26H35N3O5/c1-17-14-28(3)18(2)16-34-23-13-20(27-25(30)19-8-7-9-21(12-19)32-5)10-11-22(23)26(31)29(4)15-24(17)33-6/h7-13,17-18,24H,14-16H2,1-6H3,(H,27,30)/t17-,18+,24-/m0/s1. The van der Waals surface area contributed by atoms with Crippen molar-refractivity contribution in [3.05, 3.63) is 53.6 Å². The SMILES string of the molecule is COc1cccc(C(=O)Nc2ccc3c(c2)OC[C@@H](C)N(C)C[C@H](C)[C@@H](OC)CN(C)C3=O)c1. The van der Waals surface area contributed by atoms with Gasteiger partial charge in [-0.1, -0.05) is 13.0 Å². The summed E-state index contributed by atoms with van der Waals surface area (Å²) in [7, 11) is 7.06. The van der Waals surface area contributed by atoms with Crippen molar-refractivity contribution >= 4 is 17.5 Å². The number of rotatable bonds is 4. The van der Waals surface area contributed by atoms with E-state index in [1.165, 1.54) is 0 Å². The normalized spacial score (nSPS) is 22.1. The lowest BCUT2D eigenvalue weighted by molar-refractivity contribution is 0.0150. The van der Waals surface area contributed by atoms with Gasteiger partial charge in [0.25, 0.3) is 11.8 Å². The number of methoxy groups -OCH3 is 2. The van der Waals surface area contributed by atoms with Crippen LogP contribution in [-0.4, -0.2) is 81.8 Å². The van der Waals surface area contributed by atoms with Crippen molar-refractivity contribution in [2.45, 2.75) is 26.0 Å². The van der Waals surface area contributed by atoms with Crippen LogP contribution in [0.5, 0.6) is 11.5 Å². The van der Waals surface area contributed by atoms with Crippen LogP contribution in [0.4, 0.5) is 5.69 Å². The second-order valence-corrected chi connectivity index (χ2v) is 8.93. The highest BCUT2D eigenvalue weighted by molar-refractivity contribution is 6.05. The average molecular weight is 470 g/mol. The van der Waals surface area contributed by atoms with Crippen LogP contribution >= 0.6 is 0 Å². The topological polar surface area (TPSA) is 80.3 Å². The van der Waals surface area contributed by atoms with E-state index in [9.17, 15) is 9.59 Å². The van der Waals surface area contributed by atoms with Gasteiger partial charge in [0.2, 0.25) is 0 Å². The third-order valence-electron chi connectivity index (χ3n) is 6.35. The molecule has 0 unspecified atom stereocenters. The number of nitrogens with one attached hydrogen (secondary N) is 1. The molecule has 3 atom stereocenters. The molecule has 0 aromatic heterocycles. The van der Waals surface area contributed by atoms with Crippen LogP contribution in [0.1, 0.15) is 34.6 Å². The van der Waals surface area contributed by atoms with E-state index >= 15 is 0 Å². The van der Waals surface area contributed by atoms with E-state index in [-0.39, 0.29) is 29.9 Å². The molecule has 0 saturated heterocycles. The number of likely N-dealkylation sites (N-methyl/N-ethyl adjacent to an activating group) is 2. The van der Waals surface area contributed by atoms with Gasteiger partial charge in [-0.15, -0.1) is 0 Å². The van der Waals surface area contributed by atoms with Crippen LogP contribution in [0, 0.1) is 5.92 Å². The molecule has 0 radical (unpaired) electrons. The predicted octanol–water partition coefficient (Wildman–Crippen LogP) is 3.38. The van der Waals surface area contributed by atoms with Crippen molar-refractivity contribution in [2.24, 2.45) is 5.92 Å². The van der Waals surface area contributed by atoms with Crippen molar-refractivity contribution in [1.29, 1.82) is 0 Å². The lowest BCUT2D eigenvalue weighted by atomic mass is 10.0. The number of amides is 2. The van der Waals surface area contributed by atoms with Crippen molar-refractivity contribution in [1.82, 2.24) is 9.80 Å². The molecule has 0 fully saturated rings. The second-order valence-electron chi connectivity index (χ2n) is 8.93. The van der Waals surface area contributed by atoms with Crippen molar-refractivity contribution in [3.63, 3.8) is 0 Å². The smallest absolute Gasteiger partial charge is 0.257 e. The number of fused-ring (bicyclic) bond motifs is 1. The monoisotopic (exact) mass is 469 g/mol. The summed E-state index contributed by atoms with van der Waals surface area (Å²) in [4.78, 5) is 29.9. The number of nitrogens with zero attached hydrogens (tertiary/aromatic N) is 2. The summed E-state index contributed by atoms with van der Waals surface area (Å²) in [5.41, 5.74) is 1.46. The number of carbonyl (C=O) groups excluding carboxylic acids is 2. The van der Waals surface area contributed by atoms with Gasteiger partial charge in [0.15, 0.2) is 0 Å². The minimum absolute atomic E-state index is 0.0891. The van der Waals surface area contributed by atoms with Crippen molar-refractivity contribution in [2.75, 3.05) is 53.3 Å². The summed E-state index contributed by atoms with van der Waals surface area (Å²) in [5.74, 6) is 0.838. The molecular formula is C26H35N3O5. The number of hydrogen-bond acceptors (Lipinski definition) is 6. The van der Waals surface area contributed by atoms with Gasteiger partial charge in [-0.2, -0.15) is 0 Å². The first-order valence-electron chi connectivity index (χ1n) is 11.4. The largest absolute Gasteiger partial charge is 0.497 e. The Morgan fingerprint density at radius 3 is 2.56 bits per heavy atom. The van der Waals surface area contributed by atoms with Gasteiger partial charge in [0, 0.05) is 50.6 Å². The predicted molar refractivity (Wildman–Crippen MR) is 132 cm³/mol. The number of carbonyl (C=O) groups is 2. The van der Waals surface area contributed by atoms with E-state index in [4.69, 9.17) is 14.2 Å². The van der Waals surface area contributed by atoms with Gasteiger partial charge in [-0.25, -0.2) is 0 Å². The third-order valence-corrected chi connectivity index (χ3v) is 6.35. The molecule has 2 aromatic carbocycles. The van der Waals surface area contributed by atoms with Crippen molar-refractivity contribution < 1.29 is 23.8 Å². The van der Waals surface area contributed by atoms with Crippen LogP contribution in [0.3, 0.4) is 0 Å². The zero-order chi connectivity index (χ0) is 24.8. The Labute approximate surface area is 201 Å². The van der Waals surface area contributed by atoms with Gasteiger partial charge in [-0.3, -0.25) is 14.5 Å². The van der Waals surface area contributed by atoms with Crippen LogP contribution in [0.15, 0.2) is 42.5 Å². The lowest BCUT2D eigenvalue weighted by Gasteiger charge is -2.34. The van der Waals surface area contributed by atoms with E-state index in [2.05, 4.69) is 31.1 Å². The molecule has 2 aromatic rings. The molecule has 1 N–H and O–H groups in total. The maximum absolute atomic E-state index is 13.3. The summed E-state index contributed by atoms with van der Waals surface area (Å²) < 4.78 is 17.0. The lowest BCUT2D eigenvalue weighted by Crippen LogP contribution is -2.45. The Balaban J connectivity index is 1.89. The maximum atomic E-state index is 13.3. The molecule has 1 aliphatic heterocycles. The highest BCUT2D eigenvalue weighted by atomic mass is 16.5. The molecular weight excluding hydrogens is 434 g/mol. The molecule has 34 heavy (non-hydrogen) atoms. The highest BCUT2D eigenvalue weighted by Crippen LogP contribution is 2.27. The van der Waals surface area contributed by atoms with Crippen molar-refractivity contribution in [3.8, 4) is 11.5 Å². The number of ether oxygens (including phenoxy) is 3. The fourth-order valence-corrected chi connectivity index (χ4v) is 4.00. The van der Waals surface area contributed by atoms with Crippen LogP contribution < -0.4 is 14.8 Å². The molecule has 1 aliphatic rings. The summed E-state index contributed by atoms with van der Waals surface area (Å²) in [6, 6.07) is 12.2. The fraction of sp³-hybridized carbons (Fsp3) is 0.462. The third kappa shape index (κ3) is 6.07. The van der Waals surface area contributed by atoms with Gasteiger partial charge >= 0.3 is 0 Å². The zero-order valence-electron chi connectivity index (χ0n) is 20.8. The summed E-state index contributed by atoms with van der Waals surface area (Å²) in [6.07, 6.45) is -0.0891. The van der Waals surface area contributed by atoms with E-state index in [0.717, 1.165) is 6.54 Å². The number of benzene rings is 2. The van der Waals surface area contributed by atoms with Gasteiger partial charge in [0.05, 0.1) is 18.8 Å². The minimum atomic E-state index is -0.277. The molecule has 0 saturated carbocycles. The minimum Gasteiger partial charge on any atom is -0.497 e. The molecule has 0 spiro atoms. The fourth-order valence-electron chi connectivity index (χ4n) is 4.00. The first kappa shape index (κ1) is 25.5. The molecule has 1 heterocycles. The summed E-state index contributed by atoms with van der Waals surface area (Å²) >= 11 is 0. The molecule has 0 aliphatic carbocycles. The van der Waals surface area contributed by atoms with E-state index in [1.807, 2.05) is 0 Å².